The molecule has 0 radical (unpaired) electrons. The molecule has 3 rings (SSSR count). The van der Waals surface area contributed by atoms with Crippen molar-refractivity contribution in [2.24, 2.45) is 5.10 Å². The minimum absolute atomic E-state index is 0.363. The van der Waals surface area contributed by atoms with Crippen LogP contribution in [0.15, 0.2) is 65.8 Å². The molecule has 0 fully saturated rings. The average Bonchev–Trinajstić information content (AvgIpc) is 2.81. The number of hydrazone groups is 1. The van der Waals surface area contributed by atoms with Crippen molar-refractivity contribution in [3.8, 4) is 0 Å². The first-order valence-electron chi connectivity index (χ1n) is 10.6. The lowest BCUT2D eigenvalue weighted by molar-refractivity contribution is -0.134. The molecule has 1 unspecified atom stereocenters. The molecule has 1 atom stereocenters. The molecule has 1 amide bonds. The Bertz CT molecular complexity index is 792. The number of nitrogens with one attached hydrogen (secondary N) is 1. The van der Waals surface area contributed by atoms with Crippen molar-refractivity contribution in [2.75, 3.05) is 16.9 Å². The summed E-state index contributed by atoms with van der Waals surface area (Å²) in [5.74, 6) is -0.468. The number of anilines is 2. The van der Waals surface area contributed by atoms with E-state index < -0.39 is 12.0 Å². The van der Waals surface area contributed by atoms with Crippen molar-refractivity contribution in [3.05, 3.63) is 60.7 Å². The second kappa shape index (κ2) is 13.9. The Kier molecular flexibility index (Phi) is 11.6. The number of hydrogen-bond acceptors (Lipinski definition) is 5. The van der Waals surface area contributed by atoms with Crippen molar-refractivity contribution < 1.29 is 14.3 Å². The van der Waals surface area contributed by atoms with Crippen molar-refractivity contribution in [2.45, 2.75) is 53.6 Å². The summed E-state index contributed by atoms with van der Waals surface area (Å²) < 4.78 is 5.69. The number of carbonyl (C=O) groups is 2. The summed E-state index contributed by atoms with van der Waals surface area (Å²) in [6, 6.07) is 18.7. The van der Waals surface area contributed by atoms with Crippen molar-refractivity contribution in [1.82, 2.24) is 0 Å². The summed E-state index contributed by atoms with van der Waals surface area (Å²) in [7, 11) is 0. The van der Waals surface area contributed by atoms with Gasteiger partial charge in [-0.15, -0.1) is 5.10 Å². The van der Waals surface area contributed by atoms with E-state index in [2.05, 4.69) is 10.4 Å². The molecule has 0 saturated carbocycles. The Morgan fingerprint density at radius 3 is 2.10 bits per heavy atom. The van der Waals surface area contributed by atoms with E-state index in [0.717, 1.165) is 18.7 Å². The Morgan fingerprint density at radius 2 is 1.53 bits per heavy atom. The Labute approximate surface area is 179 Å². The molecule has 2 aromatic carbocycles. The highest BCUT2D eigenvalue weighted by Crippen LogP contribution is 2.19. The summed E-state index contributed by atoms with van der Waals surface area (Å²) in [4.78, 5) is 24.4. The van der Waals surface area contributed by atoms with E-state index in [0.29, 0.717) is 18.0 Å². The molecule has 0 spiro atoms. The first-order valence-corrected chi connectivity index (χ1v) is 10.6. The average molecular weight is 412 g/mol. The molecule has 162 valence electrons. The Balaban J connectivity index is 0.00000106. The van der Waals surface area contributed by atoms with Crippen LogP contribution in [0.25, 0.3) is 0 Å². The van der Waals surface area contributed by atoms with Crippen LogP contribution in [0.1, 0.15) is 47.5 Å². The van der Waals surface area contributed by atoms with E-state index in [-0.39, 0.29) is 5.78 Å². The third-order valence-corrected chi connectivity index (χ3v) is 3.95. The lowest BCUT2D eigenvalue weighted by atomic mass is 10.2. The summed E-state index contributed by atoms with van der Waals surface area (Å²) in [6.07, 6.45) is 0.203. The molecule has 1 aliphatic rings. The fourth-order valence-electron chi connectivity index (χ4n) is 2.67. The monoisotopic (exact) mass is 411 g/mol. The van der Waals surface area contributed by atoms with E-state index in [1.807, 2.05) is 81.2 Å². The molecule has 1 N–H and O–H groups in total. The third kappa shape index (κ3) is 7.70. The van der Waals surface area contributed by atoms with Crippen LogP contribution in [-0.2, 0) is 14.3 Å². The van der Waals surface area contributed by atoms with Crippen LogP contribution in [0.5, 0.6) is 0 Å². The minimum Gasteiger partial charge on any atom is -0.458 e. The van der Waals surface area contributed by atoms with Crippen LogP contribution >= 0.6 is 0 Å². The van der Waals surface area contributed by atoms with Gasteiger partial charge in [-0.05, 0) is 37.6 Å². The third-order valence-electron chi connectivity index (χ3n) is 3.95. The van der Waals surface area contributed by atoms with Gasteiger partial charge in [0, 0.05) is 18.7 Å². The van der Waals surface area contributed by atoms with Gasteiger partial charge in [-0.2, -0.15) is 0 Å². The van der Waals surface area contributed by atoms with E-state index in [9.17, 15) is 9.59 Å². The number of para-hydroxylation sites is 2. The molecule has 6 heteroatoms. The van der Waals surface area contributed by atoms with Crippen LogP contribution in [0.2, 0.25) is 0 Å². The van der Waals surface area contributed by atoms with Crippen LogP contribution in [0.3, 0.4) is 0 Å². The van der Waals surface area contributed by atoms with E-state index in [1.165, 1.54) is 6.92 Å². The summed E-state index contributed by atoms with van der Waals surface area (Å²) in [6.45, 7) is 10.1. The first-order chi connectivity index (χ1) is 14.6. The van der Waals surface area contributed by atoms with E-state index in [4.69, 9.17) is 4.74 Å². The second-order valence-electron chi connectivity index (χ2n) is 6.02. The number of rotatable bonds is 5. The van der Waals surface area contributed by atoms with Gasteiger partial charge >= 0.3 is 0 Å². The van der Waals surface area contributed by atoms with Crippen LogP contribution in [0.4, 0.5) is 11.4 Å². The van der Waals surface area contributed by atoms with Gasteiger partial charge in [0.1, 0.15) is 0 Å². The van der Waals surface area contributed by atoms with Gasteiger partial charge < -0.3 is 10.1 Å². The largest absolute Gasteiger partial charge is 0.458 e. The standard InChI is InChI=1S/C20H21N3O3.2C2H6/c1-15(24)19(20(25)21-16-9-4-2-5-10-16)26-18-13-8-14-23(22-18)17-11-6-3-7-12-17;2*1-2/h2-7,9-12,19H,8,13-14H2,1H3,(H,21,25);2*1-2H3. The number of ether oxygens (including phenoxy) is 1. The molecule has 2 aromatic rings. The number of ketones is 1. The SMILES string of the molecule is CC.CC.CC(=O)C(OC1=NN(c2ccccc2)CCC1)C(=O)Nc1ccccc1. The second-order valence-corrected chi connectivity index (χ2v) is 6.02. The number of hydrogen-bond donors (Lipinski definition) is 1. The maximum Gasteiger partial charge on any atom is 0.273 e. The molecular formula is C24H33N3O3. The molecular weight excluding hydrogens is 378 g/mol. The fourth-order valence-corrected chi connectivity index (χ4v) is 2.67. The van der Waals surface area contributed by atoms with Crippen molar-refractivity contribution in [1.29, 1.82) is 0 Å². The first kappa shape index (κ1) is 24.9. The maximum absolute atomic E-state index is 12.5. The smallest absolute Gasteiger partial charge is 0.273 e. The maximum atomic E-state index is 12.5. The molecule has 1 aliphatic heterocycles. The van der Waals surface area contributed by atoms with E-state index in [1.54, 1.807) is 12.1 Å². The van der Waals surface area contributed by atoms with Gasteiger partial charge in [0.25, 0.3) is 5.91 Å². The summed E-state index contributed by atoms with van der Waals surface area (Å²) in [5.41, 5.74) is 1.56. The molecule has 0 bridgehead atoms. The quantitative estimate of drug-likeness (QED) is 0.681. The topological polar surface area (TPSA) is 71.0 Å². The molecule has 6 nitrogen and oxygen atoms in total. The van der Waals surface area contributed by atoms with Crippen LogP contribution < -0.4 is 10.3 Å². The Hall–Kier alpha value is -3.15. The number of benzene rings is 2. The number of carbonyl (C=O) groups excluding carboxylic acids is 2. The normalized spacial score (nSPS) is 13.4. The zero-order valence-corrected chi connectivity index (χ0v) is 18.6. The zero-order valence-electron chi connectivity index (χ0n) is 18.6. The molecule has 0 aromatic heterocycles. The fraction of sp³-hybridized carbons (Fsp3) is 0.375. The van der Waals surface area contributed by atoms with Gasteiger partial charge in [-0.25, -0.2) is 0 Å². The number of nitrogens with zero attached hydrogens (tertiary/aromatic N) is 2. The predicted molar refractivity (Wildman–Crippen MR) is 124 cm³/mol. The van der Waals surface area contributed by atoms with Crippen LogP contribution in [0, 0.1) is 0 Å². The van der Waals surface area contributed by atoms with Gasteiger partial charge in [-0.1, -0.05) is 64.1 Å². The molecule has 30 heavy (non-hydrogen) atoms. The molecule has 1 heterocycles. The lowest BCUT2D eigenvalue weighted by Crippen LogP contribution is -2.39. The highest BCUT2D eigenvalue weighted by atomic mass is 16.5. The highest BCUT2D eigenvalue weighted by Gasteiger charge is 2.28. The molecule has 0 saturated heterocycles. The van der Waals surface area contributed by atoms with Crippen LogP contribution in [-0.4, -0.2) is 30.2 Å². The molecule has 0 aliphatic carbocycles. The van der Waals surface area contributed by atoms with Crippen molar-refractivity contribution in [3.63, 3.8) is 0 Å². The van der Waals surface area contributed by atoms with Gasteiger partial charge in [0.15, 0.2) is 5.78 Å². The minimum atomic E-state index is -1.22. The lowest BCUT2D eigenvalue weighted by Gasteiger charge is -2.26. The summed E-state index contributed by atoms with van der Waals surface area (Å²) >= 11 is 0. The predicted octanol–water partition coefficient (Wildman–Crippen LogP) is 5.27. The zero-order chi connectivity index (χ0) is 22.4. The number of Topliss-reactive ketones (excluding diaryl/α,β-unsaturated/α-hetero) is 1. The summed E-state index contributed by atoms with van der Waals surface area (Å²) in [5, 5.41) is 8.99. The Morgan fingerprint density at radius 1 is 0.967 bits per heavy atom. The van der Waals surface area contributed by atoms with E-state index >= 15 is 0 Å². The van der Waals surface area contributed by atoms with Gasteiger partial charge in [0.2, 0.25) is 12.0 Å². The van der Waals surface area contributed by atoms with Gasteiger partial charge in [0.05, 0.1) is 5.69 Å². The number of amides is 1. The highest BCUT2D eigenvalue weighted by molar-refractivity contribution is 6.10. The van der Waals surface area contributed by atoms with Gasteiger partial charge in [-0.3, -0.25) is 14.6 Å². The van der Waals surface area contributed by atoms with Crippen molar-refractivity contribution >= 4 is 29.0 Å².